The molecule has 1 aromatic heterocycles. The van der Waals surface area contributed by atoms with Crippen molar-refractivity contribution in [1.29, 1.82) is 0 Å². The van der Waals surface area contributed by atoms with Crippen molar-refractivity contribution in [2.24, 2.45) is 5.73 Å². The van der Waals surface area contributed by atoms with Gasteiger partial charge in [0.25, 0.3) is 0 Å². The number of benzene rings is 1. The average molecular weight is 246 g/mol. The number of rotatable bonds is 4. The monoisotopic (exact) mass is 246 g/mol. The van der Waals surface area contributed by atoms with E-state index < -0.39 is 0 Å². The molecule has 0 saturated carbocycles. The lowest BCUT2D eigenvalue weighted by molar-refractivity contribution is 0.465. The molecular formula is C13H18N4O. The van der Waals surface area contributed by atoms with Crippen LogP contribution < -0.4 is 10.6 Å². The summed E-state index contributed by atoms with van der Waals surface area (Å²) < 4.78 is 5.59. The molecule has 1 heterocycles. The normalized spacial score (nSPS) is 12.4. The Morgan fingerprint density at radius 3 is 2.61 bits per heavy atom. The molecule has 1 unspecified atom stereocenters. The van der Waals surface area contributed by atoms with Gasteiger partial charge in [-0.3, -0.25) is 4.90 Å². The van der Waals surface area contributed by atoms with Gasteiger partial charge in [0, 0.05) is 12.2 Å². The molecule has 5 heteroatoms. The van der Waals surface area contributed by atoms with Crippen molar-refractivity contribution < 1.29 is 4.42 Å². The third-order valence-electron chi connectivity index (χ3n) is 2.77. The summed E-state index contributed by atoms with van der Waals surface area (Å²) in [7, 11) is 0. The van der Waals surface area contributed by atoms with E-state index in [9.17, 15) is 0 Å². The fraction of sp³-hybridized carbons (Fsp3) is 0.385. The summed E-state index contributed by atoms with van der Waals surface area (Å²) in [6.45, 7) is 6.68. The molecule has 0 bridgehead atoms. The quantitative estimate of drug-likeness (QED) is 0.897. The van der Waals surface area contributed by atoms with Crippen molar-refractivity contribution in [3.63, 3.8) is 0 Å². The van der Waals surface area contributed by atoms with Crippen molar-refractivity contribution in [3.05, 3.63) is 35.7 Å². The molecule has 2 N–H and O–H groups in total. The van der Waals surface area contributed by atoms with Gasteiger partial charge in [0.05, 0.1) is 6.04 Å². The van der Waals surface area contributed by atoms with Gasteiger partial charge in [0.1, 0.15) is 0 Å². The SMILES string of the molecule is CCN(c1nnc(C(C)N)o1)c1ccccc1C. The Morgan fingerprint density at radius 2 is 2.06 bits per heavy atom. The van der Waals surface area contributed by atoms with Gasteiger partial charge in [0.15, 0.2) is 0 Å². The number of para-hydroxylation sites is 1. The maximum absolute atomic E-state index is 5.72. The fourth-order valence-corrected chi connectivity index (χ4v) is 1.79. The van der Waals surface area contributed by atoms with Crippen LogP contribution >= 0.6 is 0 Å². The molecule has 0 aliphatic carbocycles. The van der Waals surface area contributed by atoms with Crippen LogP contribution in [0.2, 0.25) is 0 Å². The molecule has 0 amide bonds. The van der Waals surface area contributed by atoms with E-state index in [4.69, 9.17) is 10.2 Å². The van der Waals surface area contributed by atoms with Crippen molar-refractivity contribution in [2.45, 2.75) is 26.8 Å². The molecule has 96 valence electrons. The summed E-state index contributed by atoms with van der Waals surface area (Å²) in [5.41, 5.74) is 7.96. The predicted molar refractivity (Wildman–Crippen MR) is 70.8 cm³/mol. The minimum Gasteiger partial charge on any atom is -0.406 e. The smallest absolute Gasteiger partial charge is 0.322 e. The Kier molecular flexibility index (Phi) is 3.62. The van der Waals surface area contributed by atoms with E-state index in [0.29, 0.717) is 11.9 Å². The Balaban J connectivity index is 2.36. The maximum Gasteiger partial charge on any atom is 0.322 e. The van der Waals surface area contributed by atoms with Crippen LogP contribution in [0.4, 0.5) is 11.7 Å². The van der Waals surface area contributed by atoms with Gasteiger partial charge in [0.2, 0.25) is 5.89 Å². The average Bonchev–Trinajstić information content (AvgIpc) is 2.82. The Hall–Kier alpha value is -1.88. The number of nitrogens with zero attached hydrogens (tertiary/aromatic N) is 3. The van der Waals surface area contributed by atoms with E-state index >= 15 is 0 Å². The summed E-state index contributed by atoms with van der Waals surface area (Å²) >= 11 is 0. The first-order chi connectivity index (χ1) is 8.63. The first-order valence-corrected chi connectivity index (χ1v) is 6.05. The zero-order valence-corrected chi connectivity index (χ0v) is 10.9. The topological polar surface area (TPSA) is 68.2 Å². The van der Waals surface area contributed by atoms with Crippen molar-refractivity contribution in [1.82, 2.24) is 10.2 Å². The van der Waals surface area contributed by atoms with Crippen LogP contribution in [0.25, 0.3) is 0 Å². The Morgan fingerprint density at radius 1 is 1.33 bits per heavy atom. The summed E-state index contributed by atoms with van der Waals surface area (Å²) in [5, 5.41) is 8.01. The zero-order valence-electron chi connectivity index (χ0n) is 10.9. The standard InChI is InChI=1S/C13H18N4O/c1-4-17(11-8-6-5-7-9(11)2)13-16-15-12(18-13)10(3)14/h5-8,10H,4,14H2,1-3H3. The number of hydrogen-bond acceptors (Lipinski definition) is 5. The number of hydrogen-bond donors (Lipinski definition) is 1. The second-order valence-electron chi connectivity index (χ2n) is 4.24. The van der Waals surface area contributed by atoms with Crippen LogP contribution in [0.1, 0.15) is 31.3 Å². The van der Waals surface area contributed by atoms with Crippen LogP contribution in [-0.4, -0.2) is 16.7 Å². The summed E-state index contributed by atoms with van der Waals surface area (Å²) in [5.74, 6) is 0.456. The number of nitrogens with two attached hydrogens (primary N) is 1. The predicted octanol–water partition coefficient (Wildman–Crippen LogP) is 2.56. The van der Waals surface area contributed by atoms with Crippen LogP contribution in [0.3, 0.4) is 0 Å². The zero-order chi connectivity index (χ0) is 13.1. The maximum atomic E-state index is 5.72. The number of anilines is 2. The van der Waals surface area contributed by atoms with E-state index in [0.717, 1.165) is 12.2 Å². The van der Waals surface area contributed by atoms with Gasteiger partial charge >= 0.3 is 6.01 Å². The number of aryl methyl sites for hydroxylation is 1. The molecule has 0 aliphatic rings. The van der Waals surface area contributed by atoms with Crippen molar-refractivity contribution in [2.75, 3.05) is 11.4 Å². The molecule has 0 fully saturated rings. The molecule has 0 radical (unpaired) electrons. The molecular weight excluding hydrogens is 228 g/mol. The second kappa shape index (κ2) is 5.18. The molecule has 18 heavy (non-hydrogen) atoms. The fourth-order valence-electron chi connectivity index (χ4n) is 1.79. The highest BCUT2D eigenvalue weighted by atomic mass is 16.4. The van der Waals surface area contributed by atoms with Gasteiger partial charge in [-0.05, 0) is 32.4 Å². The molecule has 5 nitrogen and oxygen atoms in total. The van der Waals surface area contributed by atoms with Crippen LogP contribution in [-0.2, 0) is 0 Å². The van der Waals surface area contributed by atoms with E-state index in [-0.39, 0.29) is 6.04 Å². The van der Waals surface area contributed by atoms with E-state index in [1.807, 2.05) is 36.9 Å². The lowest BCUT2D eigenvalue weighted by atomic mass is 10.2. The minimum atomic E-state index is -0.248. The molecule has 0 saturated heterocycles. The highest BCUT2D eigenvalue weighted by molar-refractivity contribution is 5.60. The molecule has 2 rings (SSSR count). The van der Waals surface area contributed by atoms with Gasteiger partial charge in [-0.1, -0.05) is 23.3 Å². The van der Waals surface area contributed by atoms with Crippen LogP contribution in [0.5, 0.6) is 0 Å². The van der Waals surface area contributed by atoms with Crippen LogP contribution in [0, 0.1) is 6.92 Å². The number of aromatic nitrogens is 2. The Bertz CT molecular complexity index is 521. The summed E-state index contributed by atoms with van der Waals surface area (Å²) in [4.78, 5) is 1.98. The van der Waals surface area contributed by atoms with Crippen LogP contribution in [0.15, 0.2) is 28.7 Å². The first-order valence-electron chi connectivity index (χ1n) is 6.05. The van der Waals surface area contributed by atoms with Gasteiger partial charge in [-0.2, -0.15) is 0 Å². The van der Waals surface area contributed by atoms with Gasteiger partial charge in [-0.25, -0.2) is 0 Å². The third kappa shape index (κ3) is 2.36. The van der Waals surface area contributed by atoms with E-state index in [2.05, 4.69) is 23.2 Å². The molecule has 1 atom stereocenters. The van der Waals surface area contributed by atoms with Crippen molar-refractivity contribution in [3.8, 4) is 0 Å². The third-order valence-corrected chi connectivity index (χ3v) is 2.77. The lowest BCUT2D eigenvalue weighted by Crippen LogP contribution is -2.17. The van der Waals surface area contributed by atoms with E-state index in [1.54, 1.807) is 0 Å². The summed E-state index contributed by atoms with van der Waals surface area (Å²) in [6.07, 6.45) is 0. The highest BCUT2D eigenvalue weighted by Gasteiger charge is 2.17. The second-order valence-corrected chi connectivity index (χ2v) is 4.24. The minimum absolute atomic E-state index is 0.248. The molecule has 1 aromatic carbocycles. The highest BCUT2D eigenvalue weighted by Crippen LogP contribution is 2.27. The lowest BCUT2D eigenvalue weighted by Gasteiger charge is -2.20. The molecule has 0 spiro atoms. The molecule has 2 aromatic rings. The van der Waals surface area contributed by atoms with Gasteiger partial charge in [-0.15, -0.1) is 5.10 Å². The van der Waals surface area contributed by atoms with Gasteiger partial charge < -0.3 is 10.2 Å². The van der Waals surface area contributed by atoms with Crippen molar-refractivity contribution >= 4 is 11.7 Å². The largest absolute Gasteiger partial charge is 0.406 e. The Labute approximate surface area is 107 Å². The molecule has 0 aliphatic heterocycles. The first kappa shape index (κ1) is 12.6. The van der Waals surface area contributed by atoms with E-state index in [1.165, 1.54) is 5.56 Å². The summed E-state index contributed by atoms with van der Waals surface area (Å²) in [6, 6.07) is 8.33.